The summed E-state index contributed by atoms with van der Waals surface area (Å²) in [5.41, 5.74) is 0.927. The summed E-state index contributed by atoms with van der Waals surface area (Å²) in [6, 6.07) is 3.44. The molecule has 0 aliphatic heterocycles. The van der Waals surface area contributed by atoms with Crippen LogP contribution in [0.5, 0.6) is 0 Å². The van der Waals surface area contributed by atoms with Crippen LogP contribution in [-0.2, 0) is 4.74 Å². The van der Waals surface area contributed by atoms with Crippen molar-refractivity contribution in [2.75, 3.05) is 19.0 Å². The minimum atomic E-state index is -0.321. The molecule has 0 atom stereocenters. The number of nitrogens with one attached hydrogen (secondary N) is 1. The second kappa shape index (κ2) is 6.92. The quantitative estimate of drug-likeness (QED) is 0.808. The molecule has 1 heterocycles. The van der Waals surface area contributed by atoms with Crippen molar-refractivity contribution >= 4 is 11.8 Å². The Labute approximate surface area is 127 Å². The first-order valence-electron chi connectivity index (χ1n) is 7.83. The summed E-state index contributed by atoms with van der Waals surface area (Å²) in [6.07, 6.45) is 8.12. The van der Waals surface area contributed by atoms with Gasteiger partial charge >= 0.3 is 5.97 Å². The normalized spacial score (nSPS) is 17.0. The van der Waals surface area contributed by atoms with Crippen LogP contribution in [0.15, 0.2) is 18.3 Å². The number of esters is 1. The summed E-state index contributed by atoms with van der Waals surface area (Å²) in [5.74, 6) is 1.14. The van der Waals surface area contributed by atoms with Gasteiger partial charge in [0.1, 0.15) is 5.82 Å². The zero-order valence-corrected chi connectivity index (χ0v) is 13.3. The molecule has 0 aromatic carbocycles. The van der Waals surface area contributed by atoms with E-state index < -0.39 is 0 Å². The molecule has 1 aromatic rings. The van der Waals surface area contributed by atoms with Gasteiger partial charge in [0, 0.05) is 12.7 Å². The fourth-order valence-electron chi connectivity index (χ4n) is 3.49. The lowest BCUT2D eigenvalue weighted by molar-refractivity contribution is 0.0600. The smallest absolute Gasteiger partial charge is 0.338 e. The van der Waals surface area contributed by atoms with Gasteiger partial charge in [-0.15, -0.1) is 0 Å². The summed E-state index contributed by atoms with van der Waals surface area (Å²) in [7, 11) is 1.39. The van der Waals surface area contributed by atoms with Crippen LogP contribution in [0.1, 0.15) is 56.3 Å². The van der Waals surface area contributed by atoms with E-state index in [0.717, 1.165) is 12.4 Å². The van der Waals surface area contributed by atoms with Crippen molar-refractivity contribution in [3.05, 3.63) is 23.9 Å². The Morgan fingerprint density at radius 3 is 2.76 bits per heavy atom. The average Bonchev–Trinajstić information content (AvgIpc) is 2.92. The lowest BCUT2D eigenvalue weighted by Gasteiger charge is -2.31. The zero-order chi connectivity index (χ0) is 15.3. The summed E-state index contributed by atoms with van der Waals surface area (Å²) in [4.78, 5) is 15.9. The Morgan fingerprint density at radius 2 is 2.14 bits per heavy atom. The molecule has 2 rings (SSSR count). The molecule has 1 fully saturated rings. The number of hydrogen-bond acceptors (Lipinski definition) is 4. The number of anilines is 1. The molecule has 0 bridgehead atoms. The highest BCUT2D eigenvalue weighted by molar-refractivity contribution is 5.89. The van der Waals surface area contributed by atoms with E-state index in [-0.39, 0.29) is 5.97 Å². The van der Waals surface area contributed by atoms with Gasteiger partial charge in [0.2, 0.25) is 0 Å². The largest absolute Gasteiger partial charge is 0.465 e. The number of hydrogen-bond donors (Lipinski definition) is 1. The van der Waals surface area contributed by atoms with Crippen LogP contribution in [-0.4, -0.2) is 24.6 Å². The number of methoxy groups -OCH3 is 1. The van der Waals surface area contributed by atoms with Crippen molar-refractivity contribution < 1.29 is 9.53 Å². The van der Waals surface area contributed by atoms with Crippen molar-refractivity contribution in [3.8, 4) is 0 Å². The van der Waals surface area contributed by atoms with Crippen LogP contribution in [0.25, 0.3) is 0 Å². The van der Waals surface area contributed by atoms with Crippen LogP contribution in [0, 0.1) is 11.3 Å². The van der Waals surface area contributed by atoms with Gasteiger partial charge in [0.25, 0.3) is 0 Å². The highest BCUT2D eigenvalue weighted by atomic mass is 16.5. The second-order valence-electron chi connectivity index (χ2n) is 6.58. The SMILES string of the molecule is COC(=O)c1ccnc(NCC2(CC(C)C)CCCC2)c1. The van der Waals surface area contributed by atoms with Gasteiger partial charge in [-0.1, -0.05) is 26.7 Å². The summed E-state index contributed by atoms with van der Waals surface area (Å²) in [5, 5.41) is 3.43. The molecule has 0 spiro atoms. The predicted octanol–water partition coefficient (Wildman–Crippen LogP) is 3.89. The molecular weight excluding hydrogens is 264 g/mol. The number of nitrogens with zero attached hydrogens (tertiary/aromatic N) is 1. The maximum atomic E-state index is 11.6. The summed E-state index contributed by atoms with van der Waals surface area (Å²) >= 11 is 0. The zero-order valence-electron chi connectivity index (χ0n) is 13.3. The van der Waals surface area contributed by atoms with E-state index in [4.69, 9.17) is 4.74 Å². The highest BCUT2D eigenvalue weighted by Crippen LogP contribution is 2.43. The number of carbonyl (C=O) groups is 1. The Kier molecular flexibility index (Phi) is 5.21. The fraction of sp³-hybridized carbons (Fsp3) is 0.647. The molecule has 116 valence electrons. The molecule has 4 heteroatoms. The molecule has 1 aliphatic rings. The molecule has 21 heavy (non-hydrogen) atoms. The van der Waals surface area contributed by atoms with Gasteiger partial charge in [-0.3, -0.25) is 0 Å². The van der Waals surface area contributed by atoms with E-state index >= 15 is 0 Å². The number of aromatic nitrogens is 1. The maximum absolute atomic E-state index is 11.6. The van der Waals surface area contributed by atoms with Crippen molar-refractivity contribution in [1.82, 2.24) is 4.98 Å². The van der Waals surface area contributed by atoms with Crippen molar-refractivity contribution in [2.24, 2.45) is 11.3 Å². The summed E-state index contributed by atoms with van der Waals surface area (Å²) < 4.78 is 4.75. The summed E-state index contributed by atoms with van der Waals surface area (Å²) in [6.45, 7) is 5.51. The Balaban J connectivity index is 2.02. The van der Waals surface area contributed by atoms with Gasteiger partial charge in [0.15, 0.2) is 0 Å². The fourth-order valence-corrected chi connectivity index (χ4v) is 3.49. The monoisotopic (exact) mass is 290 g/mol. The van der Waals surface area contributed by atoms with Gasteiger partial charge in [0.05, 0.1) is 12.7 Å². The molecule has 1 aromatic heterocycles. The van der Waals surface area contributed by atoms with Crippen molar-refractivity contribution in [2.45, 2.75) is 46.0 Å². The molecule has 0 amide bonds. The molecule has 4 nitrogen and oxygen atoms in total. The first-order chi connectivity index (χ1) is 10.0. The van der Waals surface area contributed by atoms with Gasteiger partial charge < -0.3 is 10.1 Å². The van der Waals surface area contributed by atoms with Crippen LogP contribution in [0.2, 0.25) is 0 Å². The van der Waals surface area contributed by atoms with Crippen LogP contribution >= 0.6 is 0 Å². The number of rotatable bonds is 6. The van der Waals surface area contributed by atoms with Gasteiger partial charge in [-0.25, -0.2) is 9.78 Å². The lowest BCUT2D eigenvalue weighted by atomic mass is 9.78. The van der Waals surface area contributed by atoms with E-state index in [1.807, 2.05) is 0 Å². The average molecular weight is 290 g/mol. The van der Waals surface area contributed by atoms with E-state index in [9.17, 15) is 4.79 Å². The topological polar surface area (TPSA) is 51.2 Å². The minimum absolute atomic E-state index is 0.321. The molecule has 1 aliphatic carbocycles. The highest BCUT2D eigenvalue weighted by Gasteiger charge is 2.34. The lowest BCUT2D eigenvalue weighted by Crippen LogP contribution is -2.28. The van der Waals surface area contributed by atoms with Crippen LogP contribution in [0.4, 0.5) is 5.82 Å². The number of ether oxygens (including phenoxy) is 1. The Morgan fingerprint density at radius 1 is 1.43 bits per heavy atom. The van der Waals surface area contributed by atoms with Crippen molar-refractivity contribution in [1.29, 1.82) is 0 Å². The van der Waals surface area contributed by atoms with E-state index in [0.29, 0.717) is 16.9 Å². The minimum Gasteiger partial charge on any atom is -0.465 e. The Hall–Kier alpha value is -1.58. The third-order valence-electron chi connectivity index (χ3n) is 4.33. The Bertz CT molecular complexity index is 479. The molecular formula is C17H26N2O2. The molecule has 0 radical (unpaired) electrons. The van der Waals surface area contributed by atoms with Crippen LogP contribution < -0.4 is 5.32 Å². The third kappa shape index (κ3) is 4.19. The maximum Gasteiger partial charge on any atom is 0.338 e. The number of carbonyl (C=O) groups excluding carboxylic acids is 1. The third-order valence-corrected chi connectivity index (χ3v) is 4.33. The first-order valence-corrected chi connectivity index (χ1v) is 7.83. The van der Waals surface area contributed by atoms with E-state index in [2.05, 4.69) is 24.1 Å². The number of pyridine rings is 1. The standard InChI is InChI=1S/C17H26N2O2/c1-13(2)11-17(7-4-5-8-17)12-19-15-10-14(6-9-18-15)16(20)21-3/h6,9-10,13H,4-5,7-8,11-12H2,1-3H3,(H,18,19). The molecule has 0 unspecified atom stereocenters. The predicted molar refractivity (Wildman–Crippen MR) is 84.4 cm³/mol. The van der Waals surface area contributed by atoms with Gasteiger partial charge in [-0.2, -0.15) is 0 Å². The van der Waals surface area contributed by atoms with E-state index in [1.54, 1.807) is 18.3 Å². The van der Waals surface area contributed by atoms with Crippen LogP contribution in [0.3, 0.4) is 0 Å². The first kappa shape index (κ1) is 15.8. The second-order valence-corrected chi connectivity index (χ2v) is 6.58. The molecule has 1 saturated carbocycles. The molecule has 1 N–H and O–H groups in total. The van der Waals surface area contributed by atoms with Gasteiger partial charge in [-0.05, 0) is 42.7 Å². The van der Waals surface area contributed by atoms with Crippen molar-refractivity contribution in [3.63, 3.8) is 0 Å². The van der Waals surface area contributed by atoms with E-state index in [1.165, 1.54) is 39.2 Å². The molecule has 0 saturated heterocycles.